The van der Waals surface area contributed by atoms with Gasteiger partial charge in [-0.05, 0) is 71.8 Å². The van der Waals surface area contributed by atoms with E-state index in [1.807, 2.05) is 27.7 Å². The summed E-state index contributed by atoms with van der Waals surface area (Å²) in [6.07, 6.45) is 3.03. The van der Waals surface area contributed by atoms with E-state index in [0.29, 0.717) is 18.4 Å². The zero-order valence-electron chi connectivity index (χ0n) is 37.2. The number of ketones is 2. The SMILES string of the molecule is CCCCCCS(=O)(=O)c1ccc(Nc2cc(Oc3ccc(C(C)(C)CC)cc3S(=O)(=O)O)c3c4c2C(=O)c2ccccc2-c4c(C(=O)c2cccc(S(=O)(=O)O)c2)c(=O)n3C)c(S(=O)(=O)O)c1. The second-order valence-corrected chi connectivity index (χ2v) is 23.3. The smallest absolute Gasteiger partial charge is 0.298 e. The summed E-state index contributed by atoms with van der Waals surface area (Å²) >= 11 is 0. The summed E-state index contributed by atoms with van der Waals surface area (Å²) in [5.41, 5.74) is -3.52. The minimum absolute atomic E-state index is 0.0435. The number of fused-ring (bicyclic) bond motifs is 2. The Bertz CT molecular complexity index is 3640. The van der Waals surface area contributed by atoms with Crippen LogP contribution in [-0.4, -0.2) is 69.2 Å². The number of nitrogens with one attached hydrogen (secondary N) is 1. The van der Waals surface area contributed by atoms with Crippen molar-refractivity contribution in [2.24, 2.45) is 7.05 Å². The van der Waals surface area contributed by atoms with E-state index in [1.165, 1.54) is 55.6 Å². The van der Waals surface area contributed by atoms with Gasteiger partial charge in [0, 0.05) is 35.2 Å². The molecule has 21 heteroatoms. The van der Waals surface area contributed by atoms with E-state index < -0.39 is 105 Å². The van der Waals surface area contributed by atoms with Gasteiger partial charge in [-0.3, -0.25) is 28.0 Å². The second-order valence-electron chi connectivity index (χ2n) is 17.0. The third-order valence-corrected chi connectivity index (χ3v) is 16.6. The van der Waals surface area contributed by atoms with E-state index in [9.17, 15) is 61.7 Å². The minimum Gasteiger partial charge on any atom is -0.454 e. The van der Waals surface area contributed by atoms with Crippen molar-refractivity contribution in [1.82, 2.24) is 4.57 Å². The van der Waals surface area contributed by atoms with Gasteiger partial charge in [0.25, 0.3) is 35.9 Å². The number of ether oxygens (including phenoxy) is 1. The van der Waals surface area contributed by atoms with Gasteiger partial charge < -0.3 is 14.6 Å². The molecule has 0 saturated heterocycles. The number of aromatic nitrogens is 1. The molecule has 0 fully saturated rings. The highest BCUT2D eigenvalue weighted by Gasteiger charge is 2.37. The van der Waals surface area contributed by atoms with Crippen LogP contribution in [-0.2, 0) is 52.7 Å². The third kappa shape index (κ3) is 9.38. The van der Waals surface area contributed by atoms with Crippen LogP contribution in [0, 0.1) is 0 Å². The van der Waals surface area contributed by atoms with Gasteiger partial charge in [-0.25, -0.2) is 8.42 Å². The number of nitrogens with zero attached hydrogens (tertiary/aromatic N) is 1. The van der Waals surface area contributed by atoms with Gasteiger partial charge in [-0.1, -0.05) is 89.4 Å². The van der Waals surface area contributed by atoms with Crippen LogP contribution in [0.1, 0.15) is 97.2 Å². The zero-order chi connectivity index (χ0) is 49.9. The van der Waals surface area contributed by atoms with Crippen LogP contribution in [0.5, 0.6) is 11.5 Å². The highest BCUT2D eigenvalue weighted by atomic mass is 32.2. The maximum atomic E-state index is 14.9. The molecule has 0 atom stereocenters. The van der Waals surface area contributed by atoms with Crippen LogP contribution < -0.4 is 15.6 Å². The van der Waals surface area contributed by atoms with Gasteiger partial charge in [-0.2, -0.15) is 25.3 Å². The van der Waals surface area contributed by atoms with Crippen molar-refractivity contribution in [3.63, 3.8) is 0 Å². The van der Waals surface area contributed by atoms with E-state index in [0.717, 1.165) is 53.8 Å². The molecule has 5 aromatic carbocycles. The molecular weight excluding hydrogens is 961 g/mol. The van der Waals surface area contributed by atoms with Gasteiger partial charge in [0.05, 0.1) is 43.6 Å². The van der Waals surface area contributed by atoms with E-state index in [1.54, 1.807) is 6.07 Å². The summed E-state index contributed by atoms with van der Waals surface area (Å²) in [5.74, 6) is -2.97. The van der Waals surface area contributed by atoms with E-state index >= 15 is 0 Å². The number of rotatable bonds is 17. The molecule has 0 saturated carbocycles. The van der Waals surface area contributed by atoms with Crippen molar-refractivity contribution in [2.45, 2.75) is 84.8 Å². The van der Waals surface area contributed by atoms with Crippen molar-refractivity contribution in [2.75, 3.05) is 11.1 Å². The average molecular weight is 1010 g/mol. The molecule has 1 aliphatic rings. The van der Waals surface area contributed by atoms with Gasteiger partial charge in [0.15, 0.2) is 27.2 Å². The first kappa shape index (κ1) is 49.8. The number of hydrogen-bond donors (Lipinski definition) is 4. The summed E-state index contributed by atoms with van der Waals surface area (Å²) < 4.78 is 142. The molecule has 4 N–H and O–H groups in total. The third-order valence-electron chi connectivity index (χ3n) is 12.1. The summed E-state index contributed by atoms with van der Waals surface area (Å²) in [4.78, 5) is 41.7. The molecule has 0 spiro atoms. The maximum Gasteiger partial charge on any atom is 0.298 e. The number of sulfone groups is 1. The lowest BCUT2D eigenvalue weighted by molar-refractivity contribution is 0.102. The van der Waals surface area contributed by atoms with Crippen molar-refractivity contribution in [3.05, 3.63) is 129 Å². The van der Waals surface area contributed by atoms with E-state index in [4.69, 9.17) is 4.74 Å². The average Bonchev–Trinajstić information content (AvgIpc) is 3.27. The minimum atomic E-state index is -5.25. The number of anilines is 2. The van der Waals surface area contributed by atoms with Gasteiger partial charge >= 0.3 is 0 Å². The van der Waals surface area contributed by atoms with E-state index in [-0.39, 0.29) is 56.6 Å². The lowest BCUT2D eigenvalue weighted by Gasteiger charge is -2.28. The van der Waals surface area contributed by atoms with Crippen molar-refractivity contribution in [1.29, 1.82) is 0 Å². The molecular formula is C47H46N2O15S4. The Morgan fingerprint density at radius 1 is 0.676 bits per heavy atom. The number of pyridine rings is 1. The molecule has 1 aromatic heterocycles. The van der Waals surface area contributed by atoms with E-state index in [2.05, 4.69) is 5.32 Å². The lowest BCUT2D eigenvalue weighted by Crippen LogP contribution is -2.29. The molecule has 0 aliphatic heterocycles. The van der Waals surface area contributed by atoms with Crippen molar-refractivity contribution >= 4 is 74.0 Å². The molecule has 0 unspecified atom stereocenters. The molecule has 358 valence electrons. The Kier molecular flexibility index (Phi) is 13.3. The molecule has 1 heterocycles. The van der Waals surface area contributed by atoms with Crippen LogP contribution in [0.4, 0.5) is 11.4 Å². The Morgan fingerprint density at radius 3 is 1.99 bits per heavy atom. The first-order valence-electron chi connectivity index (χ1n) is 21.1. The van der Waals surface area contributed by atoms with Crippen molar-refractivity contribution < 1.29 is 61.7 Å². The number of aryl methyl sites for hydroxylation is 1. The molecule has 0 radical (unpaired) electrons. The number of carbonyl (C=O) groups is 2. The van der Waals surface area contributed by atoms with Crippen LogP contribution >= 0.6 is 0 Å². The molecule has 17 nitrogen and oxygen atoms in total. The largest absolute Gasteiger partial charge is 0.454 e. The monoisotopic (exact) mass is 1010 g/mol. The van der Waals surface area contributed by atoms with Crippen LogP contribution in [0.3, 0.4) is 0 Å². The summed E-state index contributed by atoms with van der Waals surface area (Å²) in [6.45, 7) is 7.51. The fourth-order valence-electron chi connectivity index (χ4n) is 8.13. The highest BCUT2D eigenvalue weighted by Crippen LogP contribution is 2.49. The summed E-state index contributed by atoms with van der Waals surface area (Å²) in [7, 11) is -18.0. The fourth-order valence-corrected chi connectivity index (χ4v) is 11.4. The molecule has 0 amide bonds. The normalized spacial score (nSPS) is 13.1. The number of hydrogen-bond acceptors (Lipinski definition) is 13. The standard InChI is InChI=1S/C47H46N2O15S4/c1-6-8-9-12-22-65(53,54)29-19-20-33(37(25-29)67(58,59)60)48-34-26-36(64-35-21-18-28(47(3,4)7-2)24-38(35)68(61,62)63)43-41-39(31-16-10-11-17-32(31)45(51)40(34)41)42(46(52)49(43)5)44(50)27-14-13-15-30(23-27)66(55,56)57/h10-11,13-21,23-26,48H,6-9,12,22H2,1-5H3,(H,55,56,57)(H,58,59,60)(H,61,62,63). The first-order chi connectivity index (χ1) is 31.7. The lowest BCUT2D eigenvalue weighted by atomic mass is 9.79. The molecule has 6 aromatic rings. The quantitative estimate of drug-likeness (QED) is 0.0379. The topological polar surface area (TPSA) is 275 Å². The Balaban J connectivity index is 1.59. The fraction of sp³-hybridized carbons (Fsp3) is 0.255. The van der Waals surface area contributed by atoms with Crippen LogP contribution in [0.2, 0.25) is 0 Å². The van der Waals surface area contributed by atoms with Crippen molar-refractivity contribution in [3.8, 4) is 22.6 Å². The maximum absolute atomic E-state index is 14.9. The Hall–Kier alpha value is -6.07. The van der Waals surface area contributed by atoms with Crippen LogP contribution in [0.15, 0.2) is 115 Å². The number of carbonyl (C=O) groups excluding carboxylic acids is 2. The second kappa shape index (κ2) is 18.1. The Labute approximate surface area is 393 Å². The predicted octanol–water partition coefficient (Wildman–Crippen LogP) is 8.30. The zero-order valence-corrected chi connectivity index (χ0v) is 40.5. The van der Waals surface area contributed by atoms with Gasteiger partial charge in [-0.15, -0.1) is 0 Å². The molecule has 68 heavy (non-hydrogen) atoms. The summed E-state index contributed by atoms with van der Waals surface area (Å²) in [5, 5.41) is 2.65. The first-order valence-corrected chi connectivity index (χ1v) is 27.1. The molecule has 0 bridgehead atoms. The molecule has 1 aliphatic carbocycles. The number of benzene rings is 5. The highest BCUT2D eigenvalue weighted by molar-refractivity contribution is 7.91. The Morgan fingerprint density at radius 2 is 1.35 bits per heavy atom. The predicted molar refractivity (Wildman–Crippen MR) is 253 cm³/mol. The van der Waals surface area contributed by atoms with Crippen LogP contribution in [0.25, 0.3) is 22.0 Å². The molecule has 7 rings (SSSR count). The van der Waals surface area contributed by atoms with Gasteiger partial charge in [0.1, 0.15) is 15.5 Å². The summed E-state index contributed by atoms with van der Waals surface area (Å²) in [6, 6.07) is 18.2. The van der Waals surface area contributed by atoms with Gasteiger partial charge in [0.2, 0.25) is 0 Å². The number of unbranched alkanes of at least 4 members (excludes halogenated alkanes) is 3.